The highest BCUT2D eigenvalue weighted by atomic mass is 16.5. The fourth-order valence-electron chi connectivity index (χ4n) is 4.16. The minimum atomic E-state index is -0.198. The van der Waals surface area contributed by atoms with E-state index in [1.807, 2.05) is 0 Å². The maximum absolute atomic E-state index is 12.2. The first-order chi connectivity index (χ1) is 16.6. The number of carbonyl (C=O) groups is 2. The lowest BCUT2D eigenvalue weighted by Crippen LogP contribution is -2.19. The highest BCUT2D eigenvalue weighted by Crippen LogP contribution is 2.15. The lowest BCUT2D eigenvalue weighted by molar-refractivity contribution is -0.150. The molecule has 0 bridgehead atoms. The normalized spacial score (nSPS) is 12.0. The second kappa shape index (κ2) is 26.5. The fourth-order valence-corrected chi connectivity index (χ4v) is 4.16. The first kappa shape index (κ1) is 32.9. The smallest absolute Gasteiger partial charge is 0.306 e. The van der Waals surface area contributed by atoms with Gasteiger partial charge in [0.1, 0.15) is 6.10 Å². The monoisotopic (exact) mass is 484 g/mol. The molecule has 0 aliphatic heterocycles. The number of esters is 2. The van der Waals surface area contributed by atoms with E-state index in [1.54, 1.807) is 7.11 Å². The molecule has 0 saturated heterocycles. The molecule has 0 aromatic heterocycles. The van der Waals surface area contributed by atoms with Crippen LogP contribution in [0.25, 0.3) is 0 Å². The molecule has 34 heavy (non-hydrogen) atoms. The van der Waals surface area contributed by atoms with Crippen LogP contribution in [0.15, 0.2) is 0 Å². The maximum atomic E-state index is 12.2. The summed E-state index contributed by atoms with van der Waals surface area (Å²) in [6.45, 7) is 5.64. The minimum absolute atomic E-state index is 0.0347. The number of rotatable bonds is 26. The Labute approximate surface area is 211 Å². The minimum Gasteiger partial charge on any atom is -0.466 e. The summed E-state index contributed by atoms with van der Waals surface area (Å²) < 4.78 is 16.1. The first-order valence-corrected chi connectivity index (χ1v) is 14.5. The summed E-state index contributed by atoms with van der Waals surface area (Å²) in [6.07, 6.45) is 22.5. The van der Waals surface area contributed by atoms with E-state index in [0.717, 1.165) is 38.5 Å². The van der Waals surface area contributed by atoms with Crippen molar-refractivity contribution in [3.8, 4) is 0 Å². The Morgan fingerprint density at radius 3 is 1.65 bits per heavy atom. The predicted molar refractivity (Wildman–Crippen MR) is 141 cm³/mol. The van der Waals surface area contributed by atoms with Gasteiger partial charge in [-0.3, -0.25) is 9.59 Å². The van der Waals surface area contributed by atoms with E-state index < -0.39 is 0 Å². The van der Waals surface area contributed by atoms with Gasteiger partial charge in [0.2, 0.25) is 0 Å². The molecular formula is C29H56O5. The maximum Gasteiger partial charge on any atom is 0.306 e. The molecule has 202 valence electrons. The summed E-state index contributed by atoms with van der Waals surface area (Å²) >= 11 is 0. The molecular weight excluding hydrogens is 428 g/mol. The Morgan fingerprint density at radius 2 is 1.06 bits per heavy atom. The van der Waals surface area contributed by atoms with Gasteiger partial charge in [-0.1, -0.05) is 97.3 Å². The zero-order valence-corrected chi connectivity index (χ0v) is 22.9. The van der Waals surface area contributed by atoms with Gasteiger partial charge in [0.25, 0.3) is 0 Å². The molecule has 0 heterocycles. The van der Waals surface area contributed by atoms with Crippen LogP contribution in [0.4, 0.5) is 0 Å². The van der Waals surface area contributed by atoms with Crippen molar-refractivity contribution in [3.63, 3.8) is 0 Å². The van der Waals surface area contributed by atoms with Crippen molar-refractivity contribution >= 4 is 11.9 Å². The Bertz CT molecular complexity index is 452. The topological polar surface area (TPSA) is 61.8 Å². The van der Waals surface area contributed by atoms with Gasteiger partial charge >= 0.3 is 11.9 Å². The van der Waals surface area contributed by atoms with Crippen LogP contribution in [0, 0.1) is 0 Å². The van der Waals surface area contributed by atoms with Crippen molar-refractivity contribution < 1.29 is 23.8 Å². The number of ether oxygens (including phenoxy) is 3. The van der Waals surface area contributed by atoms with Crippen LogP contribution in [0.2, 0.25) is 0 Å². The van der Waals surface area contributed by atoms with Crippen molar-refractivity contribution in [2.45, 2.75) is 155 Å². The van der Waals surface area contributed by atoms with Gasteiger partial charge in [0, 0.05) is 26.6 Å². The van der Waals surface area contributed by atoms with Crippen LogP contribution in [-0.4, -0.2) is 38.4 Å². The molecule has 0 radical (unpaired) electrons. The molecule has 0 aliphatic carbocycles. The molecule has 5 nitrogen and oxygen atoms in total. The molecule has 0 aromatic rings. The summed E-state index contributed by atoms with van der Waals surface area (Å²) in [6, 6.07) is 0. The van der Waals surface area contributed by atoms with E-state index in [1.165, 1.54) is 77.0 Å². The van der Waals surface area contributed by atoms with Gasteiger partial charge in [-0.15, -0.1) is 0 Å². The number of methoxy groups -OCH3 is 1. The number of hydrogen-bond acceptors (Lipinski definition) is 5. The van der Waals surface area contributed by atoms with Crippen LogP contribution < -0.4 is 0 Å². The Hall–Kier alpha value is -1.10. The second-order valence-corrected chi connectivity index (χ2v) is 9.71. The van der Waals surface area contributed by atoms with E-state index in [4.69, 9.17) is 14.2 Å². The number of unbranched alkanes of at least 4 members (excludes halogenated alkanes) is 13. The van der Waals surface area contributed by atoms with Crippen molar-refractivity contribution in [3.05, 3.63) is 0 Å². The third-order valence-corrected chi connectivity index (χ3v) is 6.33. The first-order valence-electron chi connectivity index (χ1n) is 14.5. The quantitative estimate of drug-likeness (QED) is 0.0912. The van der Waals surface area contributed by atoms with Gasteiger partial charge in [-0.25, -0.2) is 0 Å². The van der Waals surface area contributed by atoms with Gasteiger partial charge in [-0.05, 0) is 38.5 Å². The molecule has 5 heteroatoms. The summed E-state index contributed by atoms with van der Waals surface area (Å²) in [7, 11) is 1.69. The molecule has 1 unspecified atom stereocenters. The second-order valence-electron chi connectivity index (χ2n) is 9.71. The third-order valence-electron chi connectivity index (χ3n) is 6.33. The van der Waals surface area contributed by atoms with E-state index in [2.05, 4.69) is 13.8 Å². The molecule has 0 saturated carbocycles. The summed E-state index contributed by atoms with van der Waals surface area (Å²) in [5.74, 6) is -0.396. The predicted octanol–water partition coefficient (Wildman–Crippen LogP) is 8.32. The number of carbonyl (C=O) groups excluding carboxylic acids is 2. The average Bonchev–Trinajstić information content (AvgIpc) is 2.82. The van der Waals surface area contributed by atoms with E-state index >= 15 is 0 Å². The Kier molecular flexibility index (Phi) is 25.6. The summed E-state index contributed by atoms with van der Waals surface area (Å²) in [5, 5.41) is 0. The Morgan fingerprint density at radius 1 is 0.559 bits per heavy atom. The van der Waals surface area contributed by atoms with Crippen LogP contribution in [0.5, 0.6) is 0 Å². The van der Waals surface area contributed by atoms with Gasteiger partial charge in [0.15, 0.2) is 0 Å². The van der Waals surface area contributed by atoms with Gasteiger partial charge in [0.05, 0.1) is 6.61 Å². The van der Waals surface area contributed by atoms with E-state index in [9.17, 15) is 9.59 Å². The number of hydrogen-bond donors (Lipinski definition) is 0. The lowest BCUT2D eigenvalue weighted by atomic mass is 10.1. The SMILES string of the molecule is CCCCCCCCCCCCCOC(=O)CCCC(=O)OC(CCCCCC)CCCOC. The largest absolute Gasteiger partial charge is 0.466 e. The van der Waals surface area contributed by atoms with Gasteiger partial charge < -0.3 is 14.2 Å². The highest BCUT2D eigenvalue weighted by Gasteiger charge is 2.15. The average molecular weight is 485 g/mol. The molecule has 0 fully saturated rings. The molecule has 0 N–H and O–H groups in total. The van der Waals surface area contributed by atoms with E-state index in [-0.39, 0.29) is 30.9 Å². The third kappa shape index (κ3) is 24.0. The zero-order chi connectivity index (χ0) is 25.1. The van der Waals surface area contributed by atoms with Crippen LogP contribution in [0.1, 0.15) is 149 Å². The standard InChI is InChI=1S/C29H56O5/c1-4-6-8-10-11-12-13-14-15-16-18-26-33-28(30)23-19-24-29(31)34-27(22-20-25-32-3)21-17-9-7-5-2/h27H,4-26H2,1-3H3. The van der Waals surface area contributed by atoms with Crippen LogP contribution in [-0.2, 0) is 23.8 Å². The van der Waals surface area contributed by atoms with Crippen molar-refractivity contribution in [1.29, 1.82) is 0 Å². The highest BCUT2D eigenvalue weighted by molar-refractivity contribution is 5.72. The molecule has 0 rings (SSSR count). The molecule has 0 aromatic carbocycles. The van der Waals surface area contributed by atoms with Crippen LogP contribution in [0.3, 0.4) is 0 Å². The van der Waals surface area contributed by atoms with Crippen LogP contribution >= 0.6 is 0 Å². The van der Waals surface area contributed by atoms with Crippen molar-refractivity contribution in [2.75, 3.05) is 20.3 Å². The Balaban J connectivity index is 3.70. The summed E-state index contributed by atoms with van der Waals surface area (Å²) in [5.41, 5.74) is 0. The zero-order valence-electron chi connectivity index (χ0n) is 22.9. The van der Waals surface area contributed by atoms with Crippen molar-refractivity contribution in [1.82, 2.24) is 0 Å². The van der Waals surface area contributed by atoms with Gasteiger partial charge in [-0.2, -0.15) is 0 Å². The lowest BCUT2D eigenvalue weighted by Gasteiger charge is -2.18. The summed E-state index contributed by atoms with van der Waals surface area (Å²) in [4.78, 5) is 24.1. The molecule has 0 aliphatic rings. The molecule has 0 amide bonds. The fraction of sp³-hybridized carbons (Fsp3) is 0.931. The van der Waals surface area contributed by atoms with Crippen molar-refractivity contribution in [2.24, 2.45) is 0 Å². The molecule has 1 atom stereocenters. The van der Waals surface area contributed by atoms with E-state index in [0.29, 0.717) is 19.6 Å². The molecule has 0 spiro atoms.